The van der Waals surface area contributed by atoms with Crippen molar-refractivity contribution >= 4 is 17.7 Å². The van der Waals surface area contributed by atoms with Crippen molar-refractivity contribution in [2.75, 3.05) is 20.3 Å². The van der Waals surface area contributed by atoms with Gasteiger partial charge in [-0.2, -0.15) is 0 Å². The number of hydrogen-bond donors (Lipinski definition) is 0. The lowest BCUT2D eigenvalue weighted by Crippen LogP contribution is -2.15. The normalized spacial score (nSPS) is 9.70. The first-order chi connectivity index (χ1) is 9.52. The van der Waals surface area contributed by atoms with Gasteiger partial charge >= 0.3 is 11.9 Å². The van der Waals surface area contributed by atoms with E-state index in [9.17, 15) is 14.4 Å². The standard InChI is InChI=1S/C14H16O6/c1-10(15)9-13(16)19-7-8-20-14(17)11-3-5-12(18-2)6-4-11/h3-6H,7-9H2,1-2H3. The van der Waals surface area contributed by atoms with Gasteiger partial charge in [0.05, 0.1) is 12.7 Å². The molecule has 0 N–H and O–H groups in total. The van der Waals surface area contributed by atoms with Crippen LogP contribution in [0.2, 0.25) is 0 Å². The first-order valence-electron chi connectivity index (χ1n) is 5.99. The Bertz CT molecular complexity index is 477. The van der Waals surface area contributed by atoms with Crippen LogP contribution in [0.3, 0.4) is 0 Å². The Morgan fingerprint density at radius 3 is 2.15 bits per heavy atom. The van der Waals surface area contributed by atoms with Gasteiger partial charge in [0.2, 0.25) is 0 Å². The Labute approximate surface area is 116 Å². The van der Waals surface area contributed by atoms with E-state index in [0.717, 1.165) is 0 Å². The monoisotopic (exact) mass is 280 g/mol. The van der Waals surface area contributed by atoms with Crippen LogP contribution < -0.4 is 4.74 Å². The summed E-state index contributed by atoms with van der Waals surface area (Å²) < 4.78 is 14.6. The van der Waals surface area contributed by atoms with Gasteiger partial charge in [-0.15, -0.1) is 0 Å². The maximum absolute atomic E-state index is 11.6. The van der Waals surface area contributed by atoms with Crippen molar-refractivity contribution in [3.05, 3.63) is 29.8 Å². The van der Waals surface area contributed by atoms with Crippen LogP contribution in [0.15, 0.2) is 24.3 Å². The van der Waals surface area contributed by atoms with E-state index in [1.54, 1.807) is 24.3 Å². The van der Waals surface area contributed by atoms with E-state index in [-0.39, 0.29) is 25.4 Å². The van der Waals surface area contributed by atoms with Gasteiger partial charge in [-0.25, -0.2) is 4.79 Å². The van der Waals surface area contributed by atoms with Gasteiger partial charge in [0.15, 0.2) is 0 Å². The Hall–Kier alpha value is -2.37. The minimum Gasteiger partial charge on any atom is -0.497 e. The molecule has 0 radical (unpaired) electrons. The molecule has 0 fully saturated rings. The van der Waals surface area contributed by atoms with Gasteiger partial charge in [-0.1, -0.05) is 0 Å². The maximum atomic E-state index is 11.6. The second-order valence-electron chi connectivity index (χ2n) is 3.96. The van der Waals surface area contributed by atoms with Crippen molar-refractivity contribution in [3.8, 4) is 5.75 Å². The van der Waals surface area contributed by atoms with Crippen molar-refractivity contribution in [2.45, 2.75) is 13.3 Å². The molecular weight excluding hydrogens is 264 g/mol. The van der Waals surface area contributed by atoms with E-state index in [0.29, 0.717) is 11.3 Å². The highest BCUT2D eigenvalue weighted by Crippen LogP contribution is 2.11. The molecule has 0 heterocycles. The number of esters is 2. The van der Waals surface area contributed by atoms with Gasteiger partial charge in [0.1, 0.15) is 31.2 Å². The lowest BCUT2D eigenvalue weighted by molar-refractivity contribution is -0.146. The van der Waals surface area contributed by atoms with Gasteiger partial charge in [0.25, 0.3) is 0 Å². The molecule has 0 saturated carbocycles. The molecule has 1 aromatic carbocycles. The van der Waals surface area contributed by atoms with Gasteiger partial charge in [0, 0.05) is 0 Å². The van der Waals surface area contributed by atoms with E-state index in [1.165, 1.54) is 14.0 Å². The molecule has 0 aliphatic carbocycles. The highest BCUT2D eigenvalue weighted by atomic mass is 16.6. The number of Topliss-reactive ketones (excluding diaryl/α,β-unsaturated/α-hetero) is 1. The van der Waals surface area contributed by atoms with Crippen LogP contribution in [0.5, 0.6) is 5.75 Å². The molecule has 6 nitrogen and oxygen atoms in total. The highest BCUT2D eigenvalue weighted by molar-refractivity contribution is 5.94. The number of rotatable bonds is 7. The van der Waals surface area contributed by atoms with Gasteiger partial charge in [-0.05, 0) is 31.2 Å². The summed E-state index contributed by atoms with van der Waals surface area (Å²) in [6.45, 7) is 1.16. The van der Waals surface area contributed by atoms with Crippen LogP contribution in [0.4, 0.5) is 0 Å². The molecule has 0 amide bonds. The average Bonchev–Trinajstić information content (AvgIpc) is 2.42. The maximum Gasteiger partial charge on any atom is 0.338 e. The van der Waals surface area contributed by atoms with Crippen LogP contribution in [0.1, 0.15) is 23.7 Å². The van der Waals surface area contributed by atoms with Crippen LogP contribution in [0.25, 0.3) is 0 Å². The first kappa shape index (κ1) is 15.7. The summed E-state index contributed by atoms with van der Waals surface area (Å²) in [4.78, 5) is 33.3. The molecule has 0 saturated heterocycles. The minimum atomic E-state index is -0.627. The number of carbonyl (C=O) groups is 3. The largest absolute Gasteiger partial charge is 0.497 e. The topological polar surface area (TPSA) is 78.9 Å². The van der Waals surface area contributed by atoms with Crippen molar-refractivity contribution in [3.63, 3.8) is 0 Å². The van der Waals surface area contributed by atoms with E-state index in [2.05, 4.69) is 0 Å². The first-order valence-corrected chi connectivity index (χ1v) is 5.99. The van der Waals surface area contributed by atoms with Crippen molar-refractivity contribution in [1.82, 2.24) is 0 Å². The quantitative estimate of drug-likeness (QED) is 0.426. The van der Waals surface area contributed by atoms with Gasteiger partial charge in [-0.3, -0.25) is 9.59 Å². The summed E-state index contributed by atoms with van der Waals surface area (Å²) in [5.74, 6) is -0.779. The predicted molar refractivity (Wildman–Crippen MR) is 69.5 cm³/mol. The van der Waals surface area contributed by atoms with Crippen molar-refractivity contribution in [1.29, 1.82) is 0 Å². The number of methoxy groups -OCH3 is 1. The van der Waals surface area contributed by atoms with E-state index in [1.807, 2.05) is 0 Å². The van der Waals surface area contributed by atoms with Crippen LogP contribution in [-0.4, -0.2) is 38.0 Å². The zero-order chi connectivity index (χ0) is 15.0. The fourth-order valence-electron chi connectivity index (χ4n) is 1.35. The predicted octanol–water partition coefficient (Wildman–Crippen LogP) is 1.37. The van der Waals surface area contributed by atoms with Crippen molar-refractivity contribution in [2.24, 2.45) is 0 Å². The number of hydrogen-bond acceptors (Lipinski definition) is 6. The molecule has 0 aliphatic heterocycles. The number of carbonyl (C=O) groups excluding carboxylic acids is 3. The second-order valence-corrected chi connectivity index (χ2v) is 3.96. The molecule has 0 bridgehead atoms. The zero-order valence-electron chi connectivity index (χ0n) is 11.4. The van der Waals surface area contributed by atoms with Gasteiger partial charge < -0.3 is 14.2 Å². The zero-order valence-corrected chi connectivity index (χ0v) is 11.4. The number of ketones is 1. The minimum absolute atomic E-state index is 0.0610. The Kier molecular flexibility index (Phi) is 6.22. The Morgan fingerprint density at radius 1 is 1.00 bits per heavy atom. The molecule has 0 aliphatic rings. The van der Waals surface area contributed by atoms with E-state index in [4.69, 9.17) is 14.2 Å². The summed E-state index contributed by atoms with van der Waals surface area (Å²) in [5.41, 5.74) is 0.376. The summed E-state index contributed by atoms with van der Waals surface area (Å²) in [5, 5.41) is 0. The molecule has 6 heteroatoms. The summed E-state index contributed by atoms with van der Waals surface area (Å²) in [6.07, 6.45) is -0.271. The highest BCUT2D eigenvalue weighted by Gasteiger charge is 2.09. The van der Waals surface area contributed by atoms with Crippen LogP contribution in [-0.2, 0) is 19.1 Å². The number of benzene rings is 1. The third kappa shape index (κ3) is 5.51. The van der Waals surface area contributed by atoms with E-state index < -0.39 is 11.9 Å². The Balaban J connectivity index is 2.29. The molecule has 1 aromatic rings. The third-order valence-corrected chi connectivity index (χ3v) is 2.30. The van der Waals surface area contributed by atoms with E-state index >= 15 is 0 Å². The van der Waals surface area contributed by atoms with Crippen molar-refractivity contribution < 1.29 is 28.6 Å². The average molecular weight is 280 g/mol. The number of ether oxygens (including phenoxy) is 3. The fraction of sp³-hybridized carbons (Fsp3) is 0.357. The fourth-order valence-corrected chi connectivity index (χ4v) is 1.35. The lowest BCUT2D eigenvalue weighted by Gasteiger charge is -2.06. The summed E-state index contributed by atoms with van der Waals surface area (Å²) >= 11 is 0. The molecule has 1 rings (SSSR count). The summed E-state index contributed by atoms with van der Waals surface area (Å²) in [7, 11) is 1.53. The second kappa shape index (κ2) is 7.93. The molecule has 0 atom stereocenters. The molecule has 0 aromatic heterocycles. The SMILES string of the molecule is COc1ccc(C(=O)OCCOC(=O)CC(C)=O)cc1. The molecule has 0 spiro atoms. The molecular formula is C14H16O6. The molecule has 108 valence electrons. The summed E-state index contributed by atoms with van der Waals surface area (Å²) in [6, 6.07) is 6.43. The smallest absolute Gasteiger partial charge is 0.338 e. The van der Waals surface area contributed by atoms with Crippen LogP contribution in [0, 0.1) is 0 Å². The Morgan fingerprint density at radius 2 is 1.60 bits per heavy atom. The molecule has 20 heavy (non-hydrogen) atoms. The third-order valence-electron chi connectivity index (χ3n) is 2.30. The lowest BCUT2D eigenvalue weighted by atomic mass is 10.2. The van der Waals surface area contributed by atoms with Crippen LogP contribution >= 0.6 is 0 Å². The molecule has 0 unspecified atom stereocenters.